The highest BCUT2D eigenvalue weighted by Crippen LogP contribution is 2.03. The minimum Gasteiger partial charge on any atom is -0.379 e. The first-order chi connectivity index (χ1) is 12.5. The molecule has 0 bridgehead atoms. The Morgan fingerprint density at radius 1 is 0.885 bits per heavy atom. The molecular weight excluding hydrogens is 344 g/mol. The number of ketones is 1. The van der Waals surface area contributed by atoms with E-state index >= 15 is 0 Å². The SMILES string of the molecule is CC(=O)CCOCCOCCOCCNC(=O)CCN1C(=O)C=CC1=O. The Kier molecular flexibility index (Phi) is 11.1. The number of hydrogen-bond donors (Lipinski definition) is 1. The maximum atomic E-state index is 11.6. The van der Waals surface area contributed by atoms with Crippen LogP contribution in [0.3, 0.4) is 0 Å². The molecule has 0 unspecified atom stereocenters. The Morgan fingerprint density at radius 3 is 2.00 bits per heavy atom. The lowest BCUT2D eigenvalue weighted by Crippen LogP contribution is -2.35. The summed E-state index contributed by atoms with van der Waals surface area (Å²) < 4.78 is 15.8. The van der Waals surface area contributed by atoms with Gasteiger partial charge in [0.2, 0.25) is 5.91 Å². The Labute approximate surface area is 152 Å². The van der Waals surface area contributed by atoms with Crippen LogP contribution in [0.1, 0.15) is 19.8 Å². The van der Waals surface area contributed by atoms with Crippen molar-refractivity contribution in [1.82, 2.24) is 10.2 Å². The van der Waals surface area contributed by atoms with E-state index in [4.69, 9.17) is 14.2 Å². The first kappa shape index (κ1) is 21.9. The van der Waals surface area contributed by atoms with Gasteiger partial charge in [0.15, 0.2) is 0 Å². The molecule has 146 valence electrons. The first-order valence-corrected chi connectivity index (χ1v) is 8.53. The summed E-state index contributed by atoms with van der Waals surface area (Å²) in [6.45, 7) is 4.35. The van der Waals surface area contributed by atoms with Crippen molar-refractivity contribution < 1.29 is 33.4 Å². The zero-order valence-electron chi connectivity index (χ0n) is 15.0. The molecule has 1 aliphatic heterocycles. The van der Waals surface area contributed by atoms with E-state index in [0.29, 0.717) is 52.6 Å². The number of hydrogen-bond acceptors (Lipinski definition) is 7. The van der Waals surface area contributed by atoms with E-state index in [1.165, 1.54) is 19.1 Å². The maximum absolute atomic E-state index is 11.6. The van der Waals surface area contributed by atoms with Crippen molar-refractivity contribution in [3.8, 4) is 0 Å². The van der Waals surface area contributed by atoms with Gasteiger partial charge in [-0.1, -0.05) is 0 Å². The summed E-state index contributed by atoms with van der Waals surface area (Å²) in [6.07, 6.45) is 2.85. The molecule has 0 aromatic heterocycles. The van der Waals surface area contributed by atoms with E-state index in [1.54, 1.807) is 0 Å². The van der Waals surface area contributed by atoms with Crippen molar-refractivity contribution in [2.75, 3.05) is 52.7 Å². The van der Waals surface area contributed by atoms with Crippen molar-refractivity contribution in [1.29, 1.82) is 0 Å². The zero-order valence-corrected chi connectivity index (χ0v) is 15.0. The van der Waals surface area contributed by atoms with Gasteiger partial charge in [0.25, 0.3) is 11.8 Å². The quantitative estimate of drug-likeness (QED) is 0.304. The van der Waals surface area contributed by atoms with Gasteiger partial charge >= 0.3 is 0 Å². The lowest BCUT2D eigenvalue weighted by atomic mass is 10.3. The molecule has 0 saturated carbocycles. The highest BCUT2D eigenvalue weighted by atomic mass is 16.5. The van der Waals surface area contributed by atoms with Gasteiger partial charge in [-0.15, -0.1) is 0 Å². The number of rotatable bonds is 15. The molecule has 0 aromatic carbocycles. The minimum atomic E-state index is -0.393. The number of nitrogens with one attached hydrogen (secondary N) is 1. The van der Waals surface area contributed by atoms with E-state index in [9.17, 15) is 19.2 Å². The van der Waals surface area contributed by atoms with E-state index in [-0.39, 0.29) is 24.7 Å². The fraction of sp³-hybridized carbons (Fsp3) is 0.647. The first-order valence-electron chi connectivity index (χ1n) is 8.53. The molecule has 1 aliphatic rings. The van der Waals surface area contributed by atoms with Gasteiger partial charge < -0.3 is 19.5 Å². The Balaban J connectivity index is 1.85. The van der Waals surface area contributed by atoms with Crippen molar-refractivity contribution in [2.45, 2.75) is 19.8 Å². The third-order valence-corrected chi connectivity index (χ3v) is 3.37. The van der Waals surface area contributed by atoms with Crippen LogP contribution in [0.15, 0.2) is 12.2 Å². The molecule has 1 rings (SSSR count). The van der Waals surface area contributed by atoms with Crippen molar-refractivity contribution in [2.24, 2.45) is 0 Å². The number of amides is 3. The summed E-state index contributed by atoms with van der Waals surface area (Å²) >= 11 is 0. The van der Waals surface area contributed by atoms with Gasteiger partial charge in [0.05, 0.1) is 39.6 Å². The smallest absolute Gasteiger partial charge is 0.253 e. The fourth-order valence-electron chi connectivity index (χ4n) is 1.97. The lowest BCUT2D eigenvalue weighted by molar-refractivity contribution is -0.137. The van der Waals surface area contributed by atoms with E-state index in [0.717, 1.165) is 4.90 Å². The predicted octanol–water partition coefficient (Wildman–Crippen LogP) is -0.553. The molecule has 1 N–H and O–H groups in total. The van der Waals surface area contributed by atoms with Gasteiger partial charge in [0.1, 0.15) is 5.78 Å². The van der Waals surface area contributed by atoms with Gasteiger partial charge in [-0.2, -0.15) is 0 Å². The van der Waals surface area contributed by atoms with Crippen LogP contribution < -0.4 is 5.32 Å². The second-order valence-electron chi connectivity index (χ2n) is 5.55. The minimum absolute atomic E-state index is 0.0614. The number of carbonyl (C=O) groups is 4. The van der Waals surface area contributed by atoms with Gasteiger partial charge in [-0.05, 0) is 6.92 Å². The summed E-state index contributed by atoms with van der Waals surface area (Å²) in [4.78, 5) is 46.0. The Morgan fingerprint density at radius 2 is 1.42 bits per heavy atom. The van der Waals surface area contributed by atoms with E-state index in [1.807, 2.05) is 0 Å². The third-order valence-electron chi connectivity index (χ3n) is 3.37. The standard InChI is InChI=1S/C17H26N2O7/c1-14(20)5-8-24-10-12-26-13-11-25-9-6-18-15(21)4-7-19-16(22)2-3-17(19)23/h2-3H,4-13H2,1H3,(H,18,21). The molecule has 0 spiro atoms. The number of Topliss-reactive ketones (excluding diaryl/α,β-unsaturated/α-hetero) is 1. The normalized spacial score (nSPS) is 13.5. The zero-order chi connectivity index (χ0) is 19.2. The highest BCUT2D eigenvalue weighted by molar-refractivity contribution is 6.13. The molecule has 0 atom stereocenters. The van der Waals surface area contributed by atoms with Crippen LogP contribution >= 0.6 is 0 Å². The topological polar surface area (TPSA) is 111 Å². The van der Waals surface area contributed by atoms with E-state index < -0.39 is 11.8 Å². The van der Waals surface area contributed by atoms with Crippen molar-refractivity contribution >= 4 is 23.5 Å². The average molecular weight is 370 g/mol. The number of ether oxygens (including phenoxy) is 3. The molecule has 9 heteroatoms. The van der Waals surface area contributed by atoms with Crippen LogP contribution in [-0.2, 0) is 33.4 Å². The summed E-state index contributed by atoms with van der Waals surface area (Å²) in [6, 6.07) is 0. The summed E-state index contributed by atoms with van der Waals surface area (Å²) in [5.74, 6) is -0.938. The van der Waals surface area contributed by atoms with E-state index in [2.05, 4.69) is 5.32 Å². The van der Waals surface area contributed by atoms with Crippen LogP contribution in [0.4, 0.5) is 0 Å². The van der Waals surface area contributed by atoms with Crippen molar-refractivity contribution in [3.05, 3.63) is 12.2 Å². The summed E-state index contributed by atoms with van der Waals surface area (Å²) in [7, 11) is 0. The van der Waals surface area contributed by atoms with Crippen LogP contribution in [0.5, 0.6) is 0 Å². The van der Waals surface area contributed by atoms with Gasteiger partial charge in [-0.25, -0.2) is 0 Å². The second kappa shape index (κ2) is 13.2. The van der Waals surface area contributed by atoms with Crippen LogP contribution in [0, 0.1) is 0 Å². The van der Waals surface area contributed by atoms with Gasteiger partial charge in [0, 0.05) is 38.1 Å². The number of carbonyl (C=O) groups excluding carboxylic acids is 4. The number of nitrogens with zero attached hydrogens (tertiary/aromatic N) is 1. The molecule has 0 saturated heterocycles. The molecular formula is C17H26N2O7. The van der Waals surface area contributed by atoms with Gasteiger partial charge in [-0.3, -0.25) is 24.1 Å². The molecule has 0 aliphatic carbocycles. The van der Waals surface area contributed by atoms with Crippen molar-refractivity contribution in [3.63, 3.8) is 0 Å². The average Bonchev–Trinajstić information content (AvgIpc) is 2.92. The molecule has 3 amide bonds. The highest BCUT2D eigenvalue weighted by Gasteiger charge is 2.23. The lowest BCUT2D eigenvalue weighted by Gasteiger charge is -2.13. The molecule has 0 aromatic rings. The van der Waals surface area contributed by atoms with Crippen LogP contribution in [-0.4, -0.2) is 81.1 Å². The number of imide groups is 1. The Bertz CT molecular complexity index is 501. The molecule has 26 heavy (non-hydrogen) atoms. The molecule has 9 nitrogen and oxygen atoms in total. The Hall–Kier alpha value is -2.10. The van der Waals surface area contributed by atoms with Crippen LogP contribution in [0.2, 0.25) is 0 Å². The second-order valence-corrected chi connectivity index (χ2v) is 5.55. The largest absolute Gasteiger partial charge is 0.379 e. The maximum Gasteiger partial charge on any atom is 0.253 e. The monoisotopic (exact) mass is 370 g/mol. The third kappa shape index (κ3) is 10.0. The molecule has 1 heterocycles. The predicted molar refractivity (Wildman–Crippen MR) is 91.2 cm³/mol. The fourth-order valence-corrected chi connectivity index (χ4v) is 1.97. The molecule has 0 fully saturated rings. The summed E-state index contributed by atoms with van der Waals surface area (Å²) in [5, 5.41) is 2.65. The summed E-state index contributed by atoms with van der Waals surface area (Å²) in [5.41, 5.74) is 0. The van der Waals surface area contributed by atoms with Crippen LogP contribution in [0.25, 0.3) is 0 Å². The molecule has 0 radical (unpaired) electrons.